The van der Waals surface area contributed by atoms with Gasteiger partial charge in [-0.3, -0.25) is 0 Å². The molecule has 1 aromatic heterocycles. The molecule has 3 aromatic rings. The second-order valence-corrected chi connectivity index (χ2v) is 6.97. The van der Waals surface area contributed by atoms with Gasteiger partial charge in [0.1, 0.15) is 17.3 Å². The Morgan fingerprint density at radius 3 is 2.38 bits per heavy atom. The summed E-state index contributed by atoms with van der Waals surface area (Å²) in [6, 6.07) is 10.9. The van der Waals surface area contributed by atoms with E-state index in [0.717, 1.165) is 27.5 Å². The van der Waals surface area contributed by atoms with E-state index in [0.29, 0.717) is 26.2 Å². The highest BCUT2D eigenvalue weighted by Gasteiger charge is 2.24. The molecular weight excluding hydrogens is 358 g/mol. The third kappa shape index (κ3) is 3.20. The average molecular weight is 374 g/mol. The molecule has 0 unspecified atom stereocenters. The summed E-state index contributed by atoms with van der Waals surface area (Å²) in [7, 11) is 0. The zero-order valence-corrected chi connectivity index (χ0v) is 14.6. The largest absolute Gasteiger partial charge is 0.345 e. The van der Waals surface area contributed by atoms with Crippen molar-refractivity contribution in [2.24, 2.45) is 0 Å². The second-order valence-electron chi connectivity index (χ2n) is 5.97. The number of benzene rings is 2. The summed E-state index contributed by atoms with van der Waals surface area (Å²) in [5.41, 5.74) is 0.550. The topological polar surface area (TPSA) is 48.5 Å². The number of aromatic nitrogens is 1. The van der Waals surface area contributed by atoms with E-state index in [4.69, 9.17) is 0 Å². The third-order valence-corrected chi connectivity index (χ3v) is 5.41. The molecule has 1 aliphatic heterocycles. The van der Waals surface area contributed by atoms with Gasteiger partial charge < -0.3 is 15.1 Å². The number of fused-ring (bicyclic) bond motifs is 1. The highest BCUT2D eigenvalue weighted by atomic mass is 32.1. The Morgan fingerprint density at radius 1 is 1.00 bits per heavy atom. The van der Waals surface area contributed by atoms with Crippen molar-refractivity contribution < 1.29 is 13.6 Å². The van der Waals surface area contributed by atoms with Crippen molar-refractivity contribution in [3.8, 4) is 0 Å². The Morgan fingerprint density at radius 2 is 1.69 bits per heavy atom. The molecule has 2 heterocycles. The molecule has 0 saturated carbocycles. The van der Waals surface area contributed by atoms with Gasteiger partial charge in [-0.15, -0.1) is 0 Å². The Balaban J connectivity index is 1.40. The lowest BCUT2D eigenvalue weighted by Gasteiger charge is -2.34. The molecule has 8 heteroatoms. The van der Waals surface area contributed by atoms with Crippen LogP contribution in [0, 0.1) is 11.6 Å². The SMILES string of the molecule is O=C(Nc1c(F)cccc1F)N1CCN(c2nc3ccccc3s2)CC1. The van der Waals surface area contributed by atoms with Crippen LogP contribution in [0.15, 0.2) is 42.5 Å². The molecule has 1 fully saturated rings. The summed E-state index contributed by atoms with van der Waals surface area (Å²) >= 11 is 1.62. The van der Waals surface area contributed by atoms with Gasteiger partial charge in [-0.2, -0.15) is 0 Å². The average Bonchev–Trinajstić information content (AvgIpc) is 3.09. The number of amides is 2. The molecule has 1 saturated heterocycles. The zero-order valence-electron chi connectivity index (χ0n) is 13.8. The van der Waals surface area contributed by atoms with Gasteiger partial charge in [0.25, 0.3) is 0 Å². The number of para-hydroxylation sites is 2. The fourth-order valence-corrected chi connectivity index (χ4v) is 3.92. The summed E-state index contributed by atoms with van der Waals surface area (Å²) < 4.78 is 28.5. The predicted octanol–water partition coefficient (Wildman–Crippen LogP) is 3.93. The van der Waals surface area contributed by atoms with Gasteiger partial charge >= 0.3 is 6.03 Å². The van der Waals surface area contributed by atoms with Gasteiger partial charge in [-0.1, -0.05) is 29.5 Å². The number of carbonyl (C=O) groups is 1. The van der Waals surface area contributed by atoms with Gasteiger partial charge in [0, 0.05) is 26.2 Å². The van der Waals surface area contributed by atoms with E-state index >= 15 is 0 Å². The Kier molecular flexibility index (Phi) is 4.42. The van der Waals surface area contributed by atoms with Crippen LogP contribution in [0.4, 0.5) is 24.4 Å². The number of hydrogen-bond acceptors (Lipinski definition) is 4. The highest BCUT2D eigenvalue weighted by molar-refractivity contribution is 7.22. The molecule has 0 spiro atoms. The van der Waals surface area contributed by atoms with Crippen LogP contribution in [0.25, 0.3) is 10.2 Å². The van der Waals surface area contributed by atoms with Gasteiger partial charge in [-0.25, -0.2) is 18.6 Å². The number of anilines is 2. The van der Waals surface area contributed by atoms with Gasteiger partial charge in [-0.05, 0) is 24.3 Å². The van der Waals surface area contributed by atoms with Crippen molar-refractivity contribution >= 4 is 38.4 Å². The van der Waals surface area contributed by atoms with Crippen LogP contribution in [0.3, 0.4) is 0 Å². The van der Waals surface area contributed by atoms with Gasteiger partial charge in [0.2, 0.25) is 0 Å². The molecule has 0 aliphatic carbocycles. The molecule has 2 aromatic carbocycles. The molecule has 1 N–H and O–H groups in total. The number of rotatable bonds is 2. The zero-order chi connectivity index (χ0) is 18.1. The molecule has 0 bridgehead atoms. The lowest BCUT2D eigenvalue weighted by atomic mass is 10.3. The van der Waals surface area contributed by atoms with E-state index in [9.17, 15) is 13.6 Å². The standard InChI is InChI=1S/C18H16F2N4OS/c19-12-4-3-5-13(20)16(12)22-17(25)23-8-10-24(11-9-23)18-21-14-6-1-2-7-15(14)26-18/h1-7H,8-11H2,(H,22,25). The van der Waals surface area contributed by atoms with Crippen molar-refractivity contribution in [3.05, 3.63) is 54.1 Å². The van der Waals surface area contributed by atoms with E-state index < -0.39 is 23.4 Å². The molecule has 1 aliphatic rings. The maximum absolute atomic E-state index is 13.7. The fraction of sp³-hybridized carbons (Fsp3) is 0.222. The van der Waals surface area contributed by atoms with Crippen molar-refractivity contribution in [1.29, 1.82) is 0 Å². The lowest BCUT2D eigenvalue weighted by molar-refractivity contribution is 0.208. The minimum absolute atomic E-state index is 0.411. The molecule has 0 atom stereocenters. The smallest absolute Gasteiger partial charge is 0.322 e. The van der Waals surface area contributed by atoms with Crippen LogP contribution < -0.4 is 10.2 Å². The van der Waals surface area contributed by atoms with E-state index in [1.807, 2.05) is 24.3 Å². The van der Waals surface area contributed by atoms with Crippen molar-refractivity contribution in [1.82, 2.24) is 9.88 Å². The first-order valence-corrected chi connectivity index (χ1v) is 9.04. The number of urea groups is 1. The Bertz CT molecular complexity index is 900. The Hall–Kier alpha value is -2.74. The van der Waals surface area contributed by atoms with Gasteiger partial charge in [0.05, 0.1) is 10.2 Å². The van der Waals surface area contributed by atoms with Crippen LogP contribution in [0.1, 0.15) is 0 Å². The van der Waals surface area contributed by atoms with Crippen LogP contribution in [0.5, 0.6) is 0 Å². The van der Waals surface area contributed by atoms with Crippen LogP contribution in [-0.4, -0.2) is 42.1 Å². The lowest BCUT2D eigenvalue weighted by Crippen LogP contribution is -2.50. The minimum Gasteiger partial charge on any atom is -0.345 e. The summed E-state index contributed by atoms with van der Waals surface area (Å²) in [5.74, 6) is -1.57. The molecule has 2 amide bonds. The molecule has 134 valence electrons. The maximum Gasteiger partial charge on any atom is 0.322 e. The summed E-state index contributed by atoms with van der Waals surface area (Å²) in [6.45, 7) is 2.15. The first-order valence-electron chi connectivity index (χ1n) is 8.22. The van der Waals surface area contributed by atoms with Crippen molar-refractivity contribution in [2.45, 2.75) is 0 Å². The number of halogens is 2. The number of thiazole rings is 1. The summed E-state index contributed by atoms with van der Waals surface area (Å²) in [6.07, 6.45) is 0. The predicted molar refractivity (Wildman–Crippen MR) is 98.8 cm³/mol. The first-order chi connectivity index (χ1) is 12.6. The molecule has 4 rings (SSSR count). The van der Waals surface area contributed by atoms with E-state index in [-0.39, 0.29) is 0 Å². The normalized spacial score (nSPS) is 14.7. The van der Waals surface area contributed by atoms with E-state index in [2.05, 4.69) is 15.2 Å². The van der Waals surface area contributed by atoms with Crippen LogP contribution in [0.2, 0.25) is 0 Å². The third-order valence-electron chi connectivity index (χ3n) is 4.31. The second kappa shape index (κ2) is 6.87. The van der Waals surface area contributed by atoms with E-state index in [1.165, 1.54) is 6.07 Å². The number of piperazine rings is 1. The van der Waals surface area contributed by atoms with Gasteiger partial charge in [0.15, 0.2) is 5.13 Å². The minimum atomic E-state index is -0.786. The fourth-order valence-electron chi connectivity index (χ4n) is 2.90. The number of carbonyl (C=O) groups excluding carboxylic acids is 1. The number of hydrogen-bond donors (Lipinski definition) is 1. The first kappa shape index (κ1) is 16.7. The number of nitrogens with zero attached hydrogens (tertiary/aromatic N) is 3. The molecule has 5 nitrogen and oxygen atoms in total. The molecule has 0 radical (unpaired) electrons. The van der Waals surface area contributed by atoms with Crippen LogP contribution >= 0.6 is 11.3 Å². The highest BCUT2D eigenvalue weighted by Crippen LogP contribution is 2.29. The molecular formula is C18H16F2N4OS. The Labute approximate surface area is 152 Å². The summed E-state index contributed by atoms with van der Waals surface area (Å²) in [5, 5.41) is 3.25. The maximum atomic E-state index is 13.7. The number of nitrogens with one attached hydrogen (secondary N) is 1. The van der Waals surface area contributed by atoms with Crippen LogP contribution in [-0.2, 0) is 0 Å². The molecule has 26 heavy (non-hydrogen) atoms. The summed E-state index contributed by atoms with van der Waals surface area (Å²) in [4.78, 5) is 20.6. The van der Waals surface area contributed by atoms with Crippen molar-refractivity contribution in [2.75, 3.05) is 36.4 Å². The van der Waals surface area contributed by atoms with Crippen molar-refractivity contribution in [3.63, 3.8) is 0 Å². The van der Waals surface area contributed by atoms with E-state index in [1.54, 1.807) is 16.2 Å². The monoisotopic (exact) mass is 374 g/mol. The quantitative estimate of drug-likeness (QED) is 0.739.